The van der Waals surface area contributed by atoms with Crippen LogP contribution in [0.25, 0.3) is 0 Å². The van der Waals surface area contributed by atoms with Gasteiger partial charge in [0.15, 0.2) is 0 Å². The van der Waals surface area contributed by atoms with Crippen LogP contribution in [0.15, 0.2) is 0 Å². The first-order chi connectivity index (χ1) is 4.54. The highest BCUT2D eigenvalue weighted by molar-refractivity contribution is 7.74. The third-order valence-electron chi connectivity index (χ3n) is 1.57. The monoisotopic (exact) mass is 166 g/mol. The van der Waals surface area contributed by atoms with Crippen molar-refractivity contribution < 1.29 is 12.9 Å². The topological polar surface area (TPSA) is 46.5 Å². The first-order valence-electron chi connectivity index (χ1n) is 3.28. The molecule has 0 fully saturated rings. The molecule has 0 amide bonds. The van der Waals surface area contributed by atoms with Gasteiger partial charge in [0, 0.05) is 0 Å². The van der Waals surface area contributed by atoms with Crippen LogP contribution in [0.5, 0.6) is 0 Å². The number of hydrogen-bond donors (Lipinski definition) is 1. The average Bonchev–Trinajstić information content (AvgIpc) is 1.82. The second-order valence-corrected chi connectivity index (χ2v) is 3.39. The SMILES string of the molecule is CC(C)C(C)COS(=O)O. The molecule has 4 heteroatoms. The van der Waals surface area contributed by atoms with E-state index in [4.69, 9.17) is 4.55 Å². The lowest BCUT2D eigenvalue weighted by Gasteiger charge is -2.12. The van der Waals surface area contributed by atoms with Crippen LogP contribution in [0.2, 0.25) is 0 Å². The Morgan fingerprint density at radius 3 is 2.30 bits per heavy atom. The molecule has 1 N–H and O–H groups in total. The molecule has 0 aromatic heterocycles. The van der Waals surface area contributed by atoms with Gasteiger partial charge < -0.3 is 0 Å². The van der Waals surface area contributed by atoms with Crippen molar-refractivity contribution in [3.63, 3.8) is 0 Å². The molecule has 0 heterocycles. The maximum atomic E-state index is 10.0. The molecule has 0 aliphatic heterocycles. The fourth-order valence-corrected chi connectivity index (χ4v) is 0.689. The van der Waals surface area contributed by atoms with Gasteiger partial charge in [0.2, 0.25) is 0 Å². The summed E-state index contributed by atoms with van der Waals surface area (Å²) in [7, 11) is 0. The van der Waals surface area contributed by atoms with Crippen molar-refractivity contribution in [3.8, 4) is 0 Å². The normalized spacial score (nSPS) is 17.3. The second kappa shape index (κ2) is 4.82. The van der Waals surface area contributed by atoms with E-state index in [0.29, 0.717) is 18.4 Å². The molecule has 0 bridgehead atoms. The molecular weight excluding hydrogens is 152 g/mol. The minimum absolute atomic E-state index is 0.330. The molecule has 0 aliphatic rings. The molecule has 0 radical (unpaired) electrons. The minimum atomic E-state index is -2.10. The Labute approximate surface area is 64.3 Å². The van der Waals surface area contributed by atoms with Gasteiger partial charge in [0.1, 0.15) is 0 Å². The fraction of sp³-hybridized carbons (Fsp3) is 1.00. The van der Waals surface area contributed by atoms with Gasteiger partial charge in [-0.1, -0.05) is 20.8 Å². The Morgan fingerprint density at radius 2 is 2.00 bits per heavy atom. The quantitative estimate of drug-likeness (QED) is 0.643. The molecule has 0 saturated carbocycles. The van der Waals surface area contributed by atoms with Crippen molar-refractivity contribution in [2.75, 3.05) is 6.61 Å². The van der Waals surface area contributed by atoms with E-state index in [9.17, 15) is 4.21 Å². The summed E-state index contributed by atoms with van der Waals surface area (Å²) in [5.41, 5.74) is 0. The largest absolute Gasteiger partial charge is 0.301 e. The first-order valence-corrected chi connectivity index (χ1v) is 4.31. The maximum Gasteiger partial charge on any atom is 0.301 e. The summed E-state index contributed by atoms with van der Waals surface area (Å²) in [6, 6.07) is 0. The summed E-state index contributed by atoms with van der Waals surface area (Å²) < 4.78 is 22.7. The summed E-state index contributed by atoms with van der Waals surface area (Å²) in [6.07, 6.45) is 0. The van der Waals surface area contributed by atoms with E-state index >= 15 is 0 Å². The molecule has 0 aromatic rings. The molecule has 10 heavy (non-hydrogen) atoms. The Balaban J connectivity index is 3.39. The average molecular weight is 166 g/mol. The lowest BCUT2D eigenvalue weighted by atomic mass is 10.00. The summed E-state index contributed by atoms with van der Waals surface area (Å²) in [5.74, 6) is 0.819. The fourth-order valence-electron chi connectivity index (χ4n) is 0.358. The summed E-state index contributed by atoms with van der Waals surface area (Å²) in [5, 5.41) is 0. The molecule has 62 valence electrons. The second-order valence-electron chi connectivity index (χ2n) is 2.72. The van der Waals surface area contributed by atoms with Crippen LogP contribution in [0.4, 0.5) is 0 Å². The third kappa shape index (κ3) is 4.90. The summed E-state index contributed by atoms with van der Waals surface area (Å²) >= 11 is -2.10. The zero-order chi connectivity index (χ0) is 8.15. The Hall–Kier alpha value is 0.0700. The van der Waals surface area contributed by atoms with Gasteiger partial charge in [-0.15, -0.1) is 0 Å². The van der Waals surface area contributed by atoms with Gasteiger partial charge in [0.05, 0.1) is 6.61 Å². The molecule has 0 rings (SSSR count). The Morgan fingerprint density at radius 1 is 1.50 bits per heavy atom. The van der Waals surface area contributed by atoms with E-state index in [1.165, 1.54) is 0 Å². The van der Waals surface area contributed by atoms with Crippen molar-refractivity contribution in [2.45, 2.75) is 20.8 Å². The van der Waals surface area contributed by atoms with Crippen LogP contribution in [0.1, 0.15) is 20.8 Å². The van der Waals surface area contributed by atoms with Gasteiger partial charge in [-0.3, -0.25) is 8.74 Å². The van der Waals surface area contributed by atoms with Crippen molar-refractivity contribution >= 4 is 11.4 Å². The Bertz CT molecular complexity index is 114. The van der Waals surface area contributed by atoms with E-state index in [1.807, 2.05) is 20.8 Å². The minimum Gasteiger partial charge on any atom is -0.284 e. The third-order valence-corrected chi connectivity index (χ3v) is 1.91. The molecular formula is C6H14O3S. The highest BCUT2D eigenvalue weighted by Crippen LogP contribution is 2.09. The standard InChI is InChI=1S/C6H14O3S/c1-5(2)6(3)4-9-10(7)8/h5-6H,4H2,1-3H3,(H,7,8). The molecule has 0 aromatic carbocycles. The van der Waals surface area contributed by atoms with E-state index in [-0.39, 0.29) is 0 Å². The van der Waals surface area contributed by atoms with Crippen molar-refractivity contribution in [1.82, 2.24) is 0 Å². The van der Waals surface area contributed by atoms with Gasteiger partial charge in [-0.2, -0.15) is 4.21 Å². The molecule has 0 saturated heterocycles. The van der Waals surface area contributed by atoms with E-state index in [2.05, 4.69) is 4.18 Å². The van der Waals surface area contributed by atoms with Crippen molar-refractivity contribution in [3.05, 3.63) is 0 Å². The van der Waals surface area contributed by atoms with E-state index in [1.54, 1.807) is 0 Å². The van der Waals surface area contributed by atoms with Gasteiger partial charge in [0.25, 0.3) is 0 Å². The van der Waals surface area contributed by atoms with E-state index in [0.717, 1.165) is 0 Å². The molecule has 2 atom stereocenters. The predicted molar refractivity (Wildman–Crippen MR) is 40.7 cm³/mol. The lowest BCUT2D eigenvalue weighted by molar-refractivity contribution is 0.224. The zero-order valence-electron chi connectivity index (χ0n) is 6.53. The number of hydrogen-bond acceptors (Lipinski definition) is 2. The van der Waals surface area contributed by atoms with Crippen LogP contribution < -0.4 is 0 Å². The number of rotatable bonds is 4. The van der Waals surface area contributed by atoms with Gasteiger partial charge in [-0.25, -0.2) is 0 Å². The van der Waals surface area contributed by atoms with Crippen LogP contribution in [-0.4, -0.2) is 15.4 Å². The molecule has 0 spiro atoms. The van der Waals surface area contributed by atoms with Crippen LogP contribution in [-0.2, 0) is 15.5 Å². The van der Waals surface area contributed by atoms with Crippen molar-refractivity contribution in [2.24, 2.45) is 11.8 Å². The van der Waals surface area contributed by atoms with Gasteiger partial charge >= 0.3 is 11.4 Å². The van der Waals surface area contributed by atoms with E-state index < -0.39 is 11.4 Å². The summed E-state index contributed by atoms with van der Waals surface area (Å²) in [6.45, 7) is 6.43. The molecule has 0 aliphatic carbocycles. The summed E-state index contributed by atoms with van der Waals surface area (Å²) in [4.78, 5) is 0. The highest BCUT2D eigenvalue weighted by Gasteiger charge is 2.07. The smallest absolute Gasteiger partial charge is 0.284 e. The lowest BCUT2D eigenvalue weighted by Crippen LogP contribution is -2.12. The van der Waals surface area contributed by atoms with Crippen LogP contribution in [0.3, 0.4) is 0 Å². The highest BCUT2D eigenvalue weighted by atomic mass is 32.2. The van der Waals surface area contributed by atoms with Gasteiger partial charge in [-0.05, 0) is 11.8 Å². The molecule has 3 nitrogen and oxygen atoms in total. The Kier molecular flexibility index (Phi) is 4.85. The zero-order valence-corrected chi connectivity index (χ0v) is 7.35. The predicted octanol–water partition coefficient (Wildman–Crippen LogP) is 1.43. The molecule has 2 unspecified atom stereocenters. The van der Waals surface area contributed by atoms with Crippen LogP contribution >= 0.6 is 0 Å². The van der Waals surface area contributed by atoms with Crippen LogP contribution in [0, 0.1) is 11.8 Å². The van der Waals surface area contributed by atoms with Crippen molar-refractivity contribution in [1.29, 1.82) is 0 Å². The first kappa shape index (κ1) is 10.1. The maximum absolute atomic E-state index is 10.0.